The first-order valence-electron chi connectivity index (χ1n) is 11.3. The van der Waals surface area contributed by atoms with Gasteiger partial charge in [-0.2, -0.15) is 8.42 Å². The number of rotatable bonds is 19. The van der Waals surface area contributed by atoms with E-state index in [1.807, 2.05) is 0 Å². The van der Waals surface area contributed by atoms with Crippen molar-refractivity contribution in [3.05, 3.63) is 0 Å². The van der Waals surface area contributed by atoms with E-state index in [1.165, 1.54) is 51.4 Å². The Morgan fingerprint density at radius 1 is 0.750 bits per heavy atom. The summed E-state index contributed by atoms with van der Waals surface area (Å²) in [6.45, 7) is 2.74. The fourth-order valence-electron chi connectivity index (χ4n) is 2.61. The van der Waals surface area contributed by atoms with Crippen LogP contribution in [0.2, 0.25) is 0 Å². The summed E-state index contributed by atoms with van der Waals surface area (Å²) in [5, 5.41) is 5.26. The van der Waals surface area contributed by atoms with Crippen LogP contribution in [0.3, 0.4) is 0 Å². The first-order chi connectivity index (χ1) is 14.6. The van der Waals surface area contributed by atoms with Crippen LogP contribution in [-0.2, 0) is 29.2 Å². The molecule has 0 saturated carbocycles. The van der Waals surface area contributed by atoms with Gasteiger partial charge in [0.15, 0.2) is 0 Å². The quantitative estimate of drug-likeness (QED) is 0.102. The molecule has 0 atom stereocenters. The maximum absolute atomic E-state index is 11.5. The van der Waals surface area contributed by atoms with Gasteiger partial charge in [0.05, 0.1) is 21.6 Å². The predicted octanol–water partition coefficient (Wildman–Crippen LogP) is -0.465. The first kappa shape index (κ1) is 36.8. The largest absolute Gasteiger partial charge is 1.00 e. The van der Waals surface area contributed by atoms with Crippen LogP contribution >= 0.6 is 0 Å². The van der Waals surface area contributed by atoms with Crippen LogP contribution in [0.4, 0.5) is 0 Å². The molecule has 0 unspecified atom stereocenters. The van der Waals surface area contributed by atoms with Gasteiger partial charge >= 0.3 is 45.6 Å². The van der Waals surface area contributed by atoms with Gasteiger partial charge in [-0.05, 0) is 20.5 Å². The van der Waals surface area contributed by atoms with E-state index in [0.29, 0.717) is 6.42 Å². The Morgan fingerprint density at radius 2 is 1.16 bits per heavy atom. The van der Waals surface area contributed by atoms with Gasteiger partial charge in [0.1, 0.15) is 0 Å². The van der Waals surface area contributed by atoms with Crippen molar-refractivity contribution in [3.8, 4) is 0 Å². The van der Waals surface area contributed by atoms with Crippen molar-refractivity contribution in [1.82, 2.24) is 10.6 Å². The maximum Gasteiger partial charge on any atom is 1.00 e. The zero-order valence-electron chi connectivity index (χ0n) is 20.5. The number of nitrogens with one attached hydrogen (secondary N) is 2. The molecular weight excluding hydrogens is 467 g/mol. The standard InChI is InChI=1S/C17H35NO4S.C3H9NO3S.Na/c1-3-4-5-6-7-8-9-10-11-12-13-14-17(19)22-23(20,21)16-15-18-2;1-4-2-3-8(5,6)7;/h18H,3-16H2,1-2H3;4H,2-3H2,1H3,(H,5,6,7);/q;;+1/p-1. The smallest absolute Gasteiger partial charge is 0.748 e. The Hall–Kier alpha value is 0.250. The molecule has 0 aromatic heterocycles. The molecule has 0 aromatic carbocycles. The Balaban J connectivity index is -0.000000793. The number of hydrogen-bond donors (Lipinski definition) is 2. The van der Waals surface area contributed by atoms with E-state index in [1.54, 1.807) is 14.1 Å². The molecule has 0 saturated heterocycles. The second-order valence-corrected chi connectivity index (χ2v) is 10.7. The van der Waals surface area contributed by atoms with Crippen molar-refractivity contribution in [2.75, 3.05) is 38.7 Å². The summed E-state index contributed by atoms with van der Waals surface area (Å²) in [6.07, 6.45) is 13.4. The molecule has 0 amide bonds. The van der Waals surface area contributed by atoms with Crippen LogP contribution in [0, 0.1) is 0 Å². The predicted molar refractivity (Wildman–Crippen MR) is 123 cm³/mol. The average Bonchev–Trinajstić information content (AvgIpc) is 2.68. The molecular formula is C20H43N2NaO7S2. The molecule has 188 valence electrons. The zero-order chi connectivity index (χ0) is 24.0. The Bertz CT molecular complexity index is 630. The van der Waals surface area contributed by atoms with E-state index < -0.39 is 26.2 Å². The van der Waals surface area contributed by atoms with Gasteiger partial charge < -0.3 is 19.4 Å². The average molecular weight is 511 g/mol. The second-order valence-electron chi connectivity index (χ2n) is 7.47. The summed E-state index contributed by atoms with van der Waals surface area (Å²) >= 11 is 0. The normalized spacial score (nSPS) is 11.2. The Morgan fingerprint density at radius 3 is 1.53 bits per heavy atom. The van der Waals surface area contributed by atoms with Crippen LogP contribution in [-0.4, -0.2) is 66.0 Å². The molecule has 0 fully saturated rings. The van der Waals surface area contributed by atoms with Gasteiger partial charge in [0.2, 0.25) is 0 Å². The topological polar surface area (TPSA) is 142 Å². The SMILES string of the molecule is CCCCCCCCCCCCCC(=O)OS(=O)(=O)CCNC.CNCCS(=O)(=O)[O-].[Na+]. The van der Waals surface area contributed by atoms with Crippen LogP contribution < -0.4 is 40.2 Å². The number of hydrogen-bond acceptors (Lipinski definition) is 9. The number of carbonyl (C=O) groups is 1. The van der Waals surface area contributed by atoms with E-state index in [4.69, 9.17) is 0 Å². The summed E-state index contributed by atoms with van der Waals surface area (Å²) in [6, 6.07) is 0. The molecule has 32 heavy (non-hydrogen) atoms. The molecule has 0 aromatic rings. The third-order valence-corrected chi connectivity index (χ3v) is 6.26. The minimum absolute atomic E-state index is 0. The van der Waals surface area contributed by atoms with E-state index in [0.717, 1.165) is 12.8 Å². The van der Waals surface area contributed by atoms with Crippen molar-refractivity contribution in [1.29, 1.82) is 0 Å². The molecule has 0 radical (unpaired) electrons. The van der Waals surface area contributed by atoms with Crippen LogP contribution in [0.15, 0.2) is 0 Å². The molecule has 12 heteroatoms. The maximum atomic E-state index is 11.5. The summed E-state index contributed by atoms with van der Waals surface area (Å²) in [4.78, 5) is 11.5. The van der Waals surface area contributed by atoms with Gasteiger partial charge in [-0.15, -0.1) is 0 Å². The van der Waals surface area contributed by atoms with E-state index in [2.05, 4.69) is 21.7 Å². The minimum atomic E-state index is -4.00. The van der Waals surface area contributed by atoms with Crippen molar-refractivity contribution >= 4 is 26.2 Å². The second kappa shape index (κ2) is 24.4. The minimum Gasteiger partial charge on any atom is -0.748 e. The number of carbonyl (C=O) groups excluding carboxylic acids is 1. The van der Waals surface area contributed by atoms with Crippen LogP contribution in [0.1, 0.15) is 84.0 Å². The van der Waals surface area contributed by atoms with Crippen LogP contribution in [0.25, 0.3) is 0 Å². The Labute approximate surface area is 218 Å². The molecule has 0 aliphatic carbocycles. The fourth-order valence-corrected chi connectivity index (χ4v) is 3.97. The van der Waals surface area contributed by atoms with Crippen molar-refractivity contribution in [2.24, 2.45) is 0 Å². The molecule has 0 aliphatic rings. The summed E-state index contributed by atoms with van der Waals surface area (Å²) in [7, 11) is -4.47. The van der Waals surface area contributed by atoms with Crippen molar-refractivity contribution in [3.63, 3.8) is 0 Å². The summed E-state index contributed by atoms with van der Waals surface area (Å²) in [5.41, 5.74) is 0. The monoisotopic (exact) mass is 510 g/mol. The zero-order valence-corrected chi connectivity index (χ0v) is 24.1. The van der Waals surface area contributed by atoms with Crippen molar-refractivity contribution < 1.29 is 59.9 Å². The molecule has 0 spiro atoms. The molecule has 0 aliphatic heterocycles. The van der Waals surface area contributed by atoms with Gasteiger partial charge in [-0.3, -0.25) is 4.79 Å². The third kappa shape index (κ3) is 32.4. The third-order valence-electron chi connectivity index (χ3n) is 4.41. The molecule has 0 rings (SSSR count). The van der Waals surface area contributed by atoms with Gasteiger partial charge in [-0.1, -0.05) is 71.1 Å². The van der Waals surface area contributed by atoms with Gasteiger partial charge in [0.25, 0.3) is 0 Å². The fraction of sp³-hybridized carbons (Fsp3) is 0.950. The van der Waals surface area contributed by atoms with Gasteiger partial charge in [0, 0.05) is 19.5 Å². The van der Waals surface area contributed by atoms with Crippen LogP contribution in [0.5, 0.6) is 0 Å². The molecule has 0 bridgehead atoms. The van der Waals surface area contributed by atoms with E-state index in [9.17, 15) is 26.2 Å². The summed E-state index contributed by atoms with van der Waals surface area (Å²) < 4.78 is 56.7. The van der Waals surface area contributed by atoms with E-state index in [-0.39, 0.29) is 60.6 Å². The van der Waals surface area contributed by atoms with Gasteiger partial charge in [-0.25, -0.2) is 8.42 Å². The Kier molecular flexibility index (Phi) is 28.0. The first-order valence-corrected chi connectivity index (χ1v) is 14.4. The summed E-state index contributed by atoms with van der Waals surface area (Å²) in [5.74, 6) is -1.13. The van der Waals surface area contributed by atoms with E-state index >= 15 is 0 Å². The number of unbranched alkanes of at least 4 members (excludes halogenated alkanes) is 10. The van der Waals surface area contributed by atoms with Crippen molar-refractivity contribution in [2.45, 2.75) is 84.0 Å². The molecule has 9 nitrogen and oxygen atoms in total. The molecule has 2 N–H and O–H groups in total. The molecule has 0 heterocycles.